The Morgan fingerprint density at radius 1 is 1.15 bits per heavy atom. The number of allylic oxidation sites excluding steroid dienone is 1. The maximum Gasteiger partial charge on any atom is 0.405 e. The molecule has 0 radical (unpaired) electrons. The van der Waals surface area contributed by atoms with E-state index in [1.807, 2.05) is 44.2 Å². The van der Waals surface area contributed by atoms with Crippen LogP contribution in [0.5, 0.6) is 11.6 Å². The highest BCUT2D eigenvalue weighted by Crippen LogP contribution is 2.47. The van der Waals surface area contributed by atoms with Crippen LogP contribution in [0.4, 0.5) is 4.79 Å². The van der Waals surface area contributed by atoms with Crippen LogP contribution in [-0.4, -0.2) is 88.8 Å². The lowest BCUT2D eigenvalue weighted by Crippen LogP contribution is -2.59. The summed E-state index contributed by atoms with van der Waals surface area (Å²) in [6, 6.07) is 5.03. The average Bonchev–Trinajstić information content (AvgIpc) is 3.98. The first-order chi connectivity index (χ1) is 24.7. The van der Waals surface area contributed by atoms with Crippen molar-refractivity contribution in [3.05, 3.63) is 42.6 Å². The van der Waals surface area contributed by atoms with Crippen molar-refractivity contribution < 1.29 is 42.2 Å². The third kappa shape index (κ3) is 7.55. The maximum atomic E-state index is 14.5. The van der Waals surface area contributed by atoms with Crippen molar-refractivity contribution in [1.82, 2.24) is 25.2 Å². The standard InChI is InChI=1S/C37H49N5O9S/c1-5-23-17-22(3)9-7-8-10-25-20-37(25,34(45)41-52(48,49)36(4)14-15-36)40-31(43)29-19-27(21-42(29)33(44)30(23)39-35(46)47)51-32-28-12-11-26(50-6-2)18-24(28)13-16-38-32/h8,10-13,16,18,22-23,25,27,29-30,39H,5-7,9,14-15,17,19-21H2,1-4H3,(H,40,43)(H,41,45)(H,46,47)/t22-,23+,25+,27+,29-,30-,37+/m0/s1. The number of carbonyl (C=O) groups is 4. The Balaban J connectivity index is 1.34. The minimum atomic E-state index is -4.00. The van der Waals surface area contributed by atoms with Crippen LogP contribution in [0.1, 0.15) is 79.1 Å². The minimum absolute atomic E-state index is 0.0221. The number of ether oxygens (including phenoxy) is 2. The van der Waals surface area contributed by atoms with Crippen LogP contribution >= 0.6 is 0 Å². The smallest absolute Gasteiger partial charge is 0.405 e. The van der Waals surface area contributed by atoms with Crippen molar-refractivity contribution in [2.24, 2.45) is 17.8 Å². The zero-order valence-electron chi connectivity index (χ0n) is 30.1. The average molecular weight is 740 g/mol. The van der Waals surface area contributed by atoms with Gasteiger partial charge in [-0.2, -0.15) is 0 Å². The number of carbonyl (C=O) groups excluding carboxylic acids is 3. The van der Waals surface area contributed by atoms with Crippen molar-refractivity contribution >= 4 is 44.6 Å². The highest BCUT2D eigenvalue weighted by atomic mass is 32.2. The fourth-order valence-corrected chi connectivity index (χ4v) is 8.90. The number of aromatic nitrogens is 1. The Morgan fingerprint density at radius 3 is 2.62 bits per heavy atom. The van der Waals surface area contributed by atoms with E-state index in [4.69, 9.17) is 9.47 Å². The van der Waals surface area contributed by atoms with Crippen LogP contribution < -0.4 is 24.8 Å². The van der Waals surface area contributed by atoms with Gasteiger partial charge in [0.2, 0.25) is 27.7 Å². The molecule has 2 aliphatic carbocycles. The predicted octanol–water partition coefficient (Wildman–Crippen LogP) is 3.89. The first kappa shape index (κ1) is 37.4. The third-order valence-electron chi connectivity index (χ3n) is 11.2. The van der Waals surface area contributed by atoms with Crippen molar-refractivity contribution in [3.63, 3.8) is 0 Å². The zero-order valence-corrected chi connectivity index (χ0v) is 30.9. The monoisotopic (exact) mass is 739 g/mol. The van der Waals surface area contributed by atoms with E-state index >= 15 is 0 Å². The molecular formula is C37H49N5O9S. The molecule has 15 heteroatoms. The molecule has 14 nitrogen and oxygen atoms in total. The van der Waals surface area contributed by atoms with E-state index in [2.05, 4.69) is 27.3 Å². The number of hydrogen-bond donors (Lipinski definition) is 4. The lowest BCUT2D eigenvalue weighted by Gasteiger charge is -2.33. The fourth-order valence-electron chi connectivity index (χ4n) is 7.58. The number of rotatable bonds is 9. The van der Waals surface area contributed by atoms with Gasteiger partial charge in [0.1, 0.15) is 29.5 Å². The number of benzene rings is 1. The molecule has 0 bridgehead atoms. The van der Waals surface area contributed by atoms with Crippen LogP contribution in [-0.2, 0) is 24.4 Å². The molecule has 1 aromatic heterocycles. The Morgan fingerprint density at radius 2 is 1.92 bits per heavy atom. The predicted molar refractivity (Wildman–Crippen MR) is 192 cm³/mol. The Bertz CT molecular complexity index is 1860. The highest BCUT2D eigenvalue weighted by Gasteiger charge is 2.63. The largest absolute Gasteiger partial charge is 0.494 e. The first-order valence-electron chi connectivity index (χ1n) is 18.2. The van der Waals surface area contributed by atoms with Crippen LogP contribution in [0.2, 0.25) is 0 Å². The summed E-state index contributed by atoms with van der Waals surface area (Å²) in [5.74, 6) is -1.73. The molecule has 1 saturated heterocycles. The number of nitrogens with one attached hydrogen (secondary N) is 3. The van der Waals surface area contributed by atoms with Crippen LogP contribution in [0, 0.1) is 17.8 Å². The van der Waals surface area contributed by atoms with Gasteiger partial charge in [-0.1, -0.05) is 32.4 Å². The van der Waals surface area contributed by atoms with E-state index in [1.54, 1.807) is 19.2 Å². The summed E-state index contributed by atoms with van der Waals surface area (Å²) in [7, 11) is -4.00. The summed E-state index contributed by atoms with van der Waals surface area (Å²) in [4.78, 5) is 60.5. The SMILES string of the molecule is CCOc1ccc2c(O[C@@H]3C[C@H]4C(=O)N[C@]5(C(=O)NS(=O)(=O)C6(C)CC6)C[C@H]5C=CCC[C@H](C)C[C@@H](CC)[C@H](NC(=O)O)C(=O)N4C3)nccc2c1. The van der Waals surface area contributed by atoms with Gasteiger partial charge < -0.3 is 30.1 Å². The number of sulfonamides is 1. The molecule has 3 fully saturated rings. The molecule has 4 N–H and O–H groups in total. The highest BCUT2D eigenvalue weighted by molar-refractivity contribution is 7.91. The lowest BCUT2D eigenvalue weighted by atomic mass is 9.85. The quantitative estimate of drug-likeness (QED) is 0.274. The van der Waals surface area contributed by atoms with E-state index in [1.165, 1.54) is 4.90 Å². The third-order valence-corrected chi connectivity index (χ3v) is 13.3. The maximum absolute atomic E-state index is 14.5. The van der Waals surface area contributed by atoms with E-state index in [0.717, 1.165) is 11.8 Å². The molecule has 3 heterocycles. The van der Waals surface area contributed by atoms with Gasteiger partial charge in [0, 0.05) is 23.9 Å². The number of pyridine rings is 1. The van der Waals surface area contributed by atoms with Gasteiger partial charge in [0.05, 0.1) is 17.9 Å². The van der Waals surface area contributed by atoms with E-state index in [0.29, 0.717) is 55.7 Å². The molecule has 282 valence electrons. The Labute approximate surface area is 304 Å². The van der Waals surface area contributed by atoms with Crippen LogP contribution in [0.15, 0.2) is 42.6 Å². The number of amides is 4. The molecule has 7 atom stereocenters. The summed E-state index contributed by atoms with van der Waals surface area (Å²) >= 11 is 0. The number of hydrogen-bond acceptors (Lipinski definition) is 9. The molecule has 2 aromatic rings. The number of nitrogens with zero attached hydrogens (tertiary/aromatic N) is 2. The van der Waals surface area contributed by atoms with E-state index in [-0.39, 0.29) is 31.2 Å². The topological polar surface area (TPSA) is 193 Å². The summed E-state index contributed by atoms with van der Waals surface area (Å²) < 4.78 is 39.5. The molecule has 2 saturated carbocycles. The molecule has 0 spiro atoms. The molecule has 52 heavy (non-hydrogen) atoms. The van der Waals surface area contributed by atoms with Crippen molar-refractivity contribution in [2.45, 2.75) is 108 Å². The fraction of sp³-hybridized carbons (Fsp3) is 0.595. The summed E-state index contributed by atoms with van der Waals surface area (Å²) in [5.41, 5.74) is -1.54. The normalized spacial score (nSPS) is 30.2. The van der Waals surface area contributed by atoms with Crippen molar-refractivity contribution in [3.8, 4) is 11.6 Å². The van der Waals surface area contributed by atoms with Crippen molar-refractivity contribution in [2.75, 3.05) is 13.2 Å². The lowest BCUT2D eigenvalue weighted by molar-refractivity contribution is -0.142. The molecule has 1 aromatic carbocycles. The van der Waals surface area contributed by atoms with Gasteiger partial charge in [-0.3, -0.25) is 19.1 Å². The Hall–Kier alpha value is -4.40. The summed E-state index contributed by atoms with van der Waals surface area (Å²) in [6.07, 6.45) is 6.89. The molecular weight excluding hydrogens is 691 g/mol. The molecule has 4 amide bonds. The molecule has 0 unspecified atom stereocenters. The van der Waals surface area contributed by atoms with Crippen LogP contribution in [0.3, 0.4) is 0 Å². The van der Waals surface area contributed by atoms with Gasteiger partial charge >= 0.3 is 6.09 Å². The second-order valence-corrected chi connectivity index (χ2v) is 17.2. The molecule has 4 aliphatic rings. The second-order valence-electron chi connectivity index (χ2n) is 15.0. The van der Waals surface area contributed by atoms with Crippen molar-refractivity contribution in [1.29, 1.82) is 0 Å². The van der Waals surface area contributed by atoms with Gasteiger partial charge in [-0.25, -0.2) is 18.2 Å². The molecule has 6 rings (SSSR count). The zero-order chi connectivity index (χ0) is 37.4. The number of carboxylic acid groups (broad SMARTS) is 1. The minimum Gasteiger partial charge on any atom is -0.494 e. The molecule has 2 aliphatic heterocycles. The van der Waals surface area contributed by atoms with Crippen LogP contribution in [0.25, 0.3) is 10.8 Å². The first-order valence-corrected chi connectivity index (χ1v) is 19.7. The van der Waals surface area contributed by atoms with E-state index < -0.39 is 68.2 Å². The summed E-state index contributed by atoms with van der Waals surface area (Å²) in [5, 5.41) is 16.7. The summed E-state index contributed by atoms with van der Waals surface area (Å²) in [6.45, 7) is 7.88. The van der Waals surface area contributed by atoms with Gasteiger partial charge in [-0.05, 0) is 93.9 Å². The van der Waals surface area contributed by atoms with E-state index in [9.17, 15) is 32.7 Å². The van der Waals surface area contributed by atoms with Gasteiger partial charge in [0.25, 0.3) is 5.91 Å². The second kappa shape index (κ2) is 14.6. The van der Waals surface area contributed by atoms with Gasteiger partial charge in [0.15, 0.2) is 0 Å². The van der Waals surface area contributed by atoms with Gasteiger partial charge in [-0.15, -0.1) is 0 Å². The Kier molecular flexibility index (Phi) is 10.5. The number of fused-ring (bicyclic) bond motifs is 3.